The molecule has 2 heterocycles. The molecule has 1 aromatic heterocycles. The highest BCUT2D eigenvalue weighted by Crippen LogP contribution is 2.20. The lowest BCUT2D eigenvalue weighted by Crippen LogP contribution is -3.14. The Morgan fingerprint density at radius 1 is 1.21 bits per heavy atom. The summed E-state index contributed by atoms with van der Waals surface area (Å²) < 4.78 is 34.0. The first-order chi connectivity index (χ1) is 11.5. The van der Waals surface area contributed by atoms with Crippen LogP contribution in [0.3, 0.4) is 0 Å². The van der Waals surface area contributed by atoms with Crippen molar-refractivity contribution in [3.63, 3.8) is 0 Å². The van der Waals surface area contributed by atoms with Crippen molar-refractivity contribution in [2.24, 2.45) is 0 Å². The smallest absolute Gasteiger partial charge is 0.250 e. The molecular formula is C17H23N2O3S2+. The van der Waals surface area contributed by atoms with E-state index in [1.54, 1.807) is 17.5 Å². The second-order valence-corrected chi connectivity index (χ2v) is 8.97. The predicted molar refractivity (Wildman–Crippen MR) is 94.9 cm³/mol. The van der Waals surface area contributed by atoms with Crippen molar-refractivity contribution in [3.05, 3.63) is 52.9 Å². The zero-order valence-corrected chi connectivity index (χ0v) is 15.3. The summed E-state index contributed by atoms with van der Waals surface area (Å²) in [6.45, 7) is 6.02. The molecule has 2 N–H and O–H groups in total. The third kappa shape index (κ3) is 4.43. The van der Waals surface area contributed by atoms with Crippen LogP contribution in [-0.2, 0) is 14.8 Å². The molecule has 0 amide bonds. The van der Waals surface area contributed by atoms with Gasteiger partial charge in [0.1, 0.15) is 17.3 Å². The van der Waals surface area contributed by atoms with Gasteiger partial charge in [-0.3, -0.25) is 0 Å². The van der Waals surface area contributed by atoms with Gasteiger partial charge < -0.3 is 9.64 Å². The summed E-state index contributed by atoms with van der Waals surface area (Å²) in [5, 5.41) is 1.78. The number of rotatable bonds is 6. The second kappa shape index (κ2) is 7.76. The summed E-state index contributed by atoms with van der Waals surface area (Å²) >= 11 is 1.24. The Bertz CT molecular complexity index is 737. The maximum absolute atomic E-state index is 12.7. The number of benzene rings is 1. The number of hydrogen-bond acceptors (Lipinski definition) is 4. The molecule has 1 aliphatic rings. The fourth-order valence-corrected chi connectivity index (χ4v) is 5.07. The fourth-order valence-electron chi connectivity index (χ4n) is 2.84. The van der Waals surface area contributed by atoms with Crippen LogP contribution in [-0.4, -0.2) is 41.3 Å². The molecule has 5 nitrogen and oxygen atoms in total. The maximum Gasteiger partial charge on any atom is 0.250 e. The molecular weight excluding hydrogens is 344 g/mol. The molecule has 24 heavy (non-hydrogen) atoms. The van der Waals surface area contributed by atoms with Gasteiger partial charge >= 0.3 is 0 Å². The predicted octanol–water partition coefficient (Wildman–Crippen LogP) is 0.991. The van der Waals surface area contributed by atoms with E-state index in [-0.39, 0.29) is 6.04 Å². The summed E-state index contributed by atoms with van der Waals surface area (Å²) in [5.41, 5.74) is 2.16. The first kappa shape index (κ1) is 17.6. The van der Waals surface area contributed by atoms with Gasteiger partial charge in [0.05, 0.1) is 25.8 Å². The molecule has 1 aromatic carbocycles. The standard InChI is InChI=1S/C17H22N2O3S2/c1-14-4-6-15(7-5-14)16(13-19-8-10-22-11-9-19)18-24(20,21)17-3-2-12-23-17/h2-7,12,16,18H,8-11,13H2,1H3/p+1/t16-/m1/s1. The number of quaternary nitrogens is 1. The Morgan fingerprint density at radius 2 is 1.92 bits per heavy atom. The van der Waals surface area contributed by atoms with Crippen molar-refractivity contribution in [2.75, 3.05) is 32.8 Å². The van der Waals surface area contributed by atoms with Crippen LogP contribution in [0, 0.1) is 6.92 Å². The van der Waals surface area contributed by atoms with E-state index in [1.165, 1.54) is 16.2 Å². The molecule has 130 valence electrons. The summed E-state index contributed by atoms with van der Waals surface area (Å²) in [6.07, 6.45) is 0. The van der Waals surface area contributed by atoms with E-state index in [1.807, 2.05) is 31.2 Å². The summed E-state index contributed by atoms with van der Waals surface area (Å²) in [7, 11) is -3.50. The van der Waals surface area contributed by atoms with Crippen LogP contribution in [0.2, 0.25) is 0 Å². The van der Waals surface area contributed by atoms with Crippen molar-refractivity contribution < 1.29 is 18.1 Å². The molecule has 0 unspecified atom stereocenters. The lowest BCUT2D eigenvalue weighted by atomic mass is 10.1. The van der Waals surface area contributed by atoms with E-state index in [9.17, 15) is 8.42 Å². The third-order valence-electron chi connectivity index (χ3n) is 4.23. The van der Waals surface area contributed by atoms with Crippen molar-refractivity contribution in [1.82, 2.24) is 4.72 Å². The monoisotopic (exact) mass is 367 g/mol. The minimum absolute atomic E-state index is 0.245. The third-order valence-corrected chi connectivity index (χ3v) is 7.10. The van der Waals surface area contributed by atoms with Crippen LogP contribution in [0.1, 0.15) is 17.2 Å². The molecule has 7 heteroatoms. The quantitative estimate of drug-likeness (QED) is 0.801. The number of thiophene rings is 1. The first-order valence-corrected chi connectivity index (χ1v) is 10.4. The van der Waals surface area contributed by atoms with Crippen LogP contribution >= 0.6 is 11.3 Å². The number of nitrogens with one attached hydrogen (secondary N) is 2. The van der Waals surface area contributed by atoms with Crippen LogP contribution in [0.4, 0.5) is 0 Å². The Kier molecular flexibility index (Phi) is 5.68. The van der Waals surface area contributed by atoms with E-state index < -0.39 is 10.0 Å². The second-order valence-electron chi connectivity index (χ2n) is 6.08. The van der Waals surface area contributed by atoms with E-state index in [0.717, 1.165) is 44.0 Å². The van der Waals surface area contributed by atoms with E-state index in [2.05, 4.69) is 4.72 Å². The molecule has 0 saturated carbocycles. The van der Waals surface area contributed by atoms with Crippen LogP contribution < -0.4 is 9.62 Å². The van der Waals surface area contributed by atoms with Gasteiger partial charge in [-0.25, -0.2) is 8.42 Å². The average molecular weight is 368 g/mol. The lowest BCUT2D eigenvalue weighted by molar-refractivity contribution is -0.909. The van der Waals surface area contributed by atoms with Gasteiger partial charge in [0, 0.05) is 0 Å². The fraction of sp³-hybridized carbons (Fsp3) is 0.412. The van der Waals surface area contributed by atoms with Crippen molar-refractivity contribution in [1.29, 1.82) is 0 Å². The first-order valence-electron chi connectivity index (χ1n) is 8.08. The number of morpholine rings is 1. The molecule has 0 spiro atoms. The van der Waals surface area contributed by atoms with Gasteiger partial charge in [-0.05, 0) is 23.9 Å². The number of hydrogen-bond donors (Lipinski definition) is 2. The Hall–Kier alpha value is -1.25. The van der Waals surface area contributed by atoms with Crippen molar-refractivity contribution in [3.8, 4) is 0 Å². The minimum atomic E-state index is -3.50. The van der Waals surface area contributed by atoms with Crippen LogP contribution in [0.25, 0.3) is 0 Å². The molecule has 2 aromatic rings. The summed E-state index contributed by atoms with van der Waals surface area (Å²) in [4.78, 5) is 1.36. The molecule has 1 aliphatic heterocycles. The molecule has 0 bridgehead atoms. The van der Waals surface area contributed by atoms with Crippen molar-refractivity contribution in [2.45, 2.75) is 17.2 Å². The average Bonchev–Trinajstić information content (AvgIpc) is 3.11. The summed E-state index contributed by atoms with van der Waals surface area (Å²) in [5.74, 6) is 0. The zero-order valence-electron chi connectivity index (χ0n) is 13.7. The molecule has 0 aliphatic carbocycles. The van der Waals surface area contributed by atoms with E-state index in [0.29, 0.717) is 4.21 Å². The lowest BCUT2D eigenvalue weighted by Gasteiger charge is -2.28. The number of ether oxygens (including phenoxy) is 1. The van der Waals surface area contributed by atoms with Crippen LogP contribution in [0.5, 0.6) is 0 Å². The van der Waals surface area contributed by atoms with Gasteiger partial charge in [0.2, 0.25) is 0 Å². The van der Waals surface area contributed by atoms with Gasteiger partial charge in [-0.15, -0.1) is 11.3 Å². The minimum Gasteiger partial charge on any atom is -0.370 e. The van der Waals surface area contributed by atoms with Crippen LogP contribution in [0.15, 0.2) is 46.0 Å². The zero-order chi connectivity index (χ0) is 17.0. The van der Waals surface area contributed by atoms with E-state index in [4.69, 9.17) is 4.74 Å². The summed E-state index contributed by atoms with van der Waals surface area (Å²) in [6, 6.07) is 11.2. The van der Waals surface area contributed by atoms with Gasteiger partial charge in [-0.1, -0.05) is 35.9 Å². The van der Waals surface area contributed by atoms with Gasteiger partial charge in [0.25, 0.3) is 10.0 Å². The molecule has 1 saturated heterocycles. The molecule has 0 radical (unpaired) electrons. The maximum atomic E-state index is 12.7. The van der Waals surface area contributed by atoms with Crippen molar-refractivity contribution >= 4 is 21.4 Å². The van der Waals surface area contributed by atoms with Gasteiger partial charge in [-0.2, -0.15) is 4.72 Å². The SMILES string of the molecule is Cc1ccc([C@@H](C[NH+]2CCOCC2)NS(=O)(=O)c2cccs2)cc1. The highest BCUT2D eigenvalue weighted by atomic mass is 32.2. The normalized spacial score (nSPS) is 17.7. The van der Waals surface area contributed by atoms with E-state index >= 15 is 0 Å². The molecule has 1 fully saturated rings. The topological polar surface area (TPSA) is 59.8 Å². The Morgan fingerprint density at radius 3 is 2.54 bits per heavy atom. The highest BCUT2D eigenvalue weighted by molar-refractivity contribution is 7.91. The molecule has 3 rings (SSSR count). The Labute approximate surface area is 147 Å². The Balaban J connectivity index is 1.82. The highest BCUT2D eigenvalue weighted by Gasteiger charge is 2.27. The number of sulfonamides is 1. The van der Waals surface area contributed by atoms with Gasteiger partial charge in [0.15, 0.2) is 0 Å². The number of aryl methyl sites for hydroxylation is 1. The largest absolute Gasteiger partial charge is 0.370 e. The molecule has 1 atom stereocenters.